The monoisotopic (exact) mass is 1090 g/mol. The second-order valence-electron chi connectivity index (χ2n) is 21.6. The number of ether oxygens (including phenoxy) is 3. The maximum Gasteiger partial charge on any atom is 0.310 e. The number of rotatable bonds is 59. The maximum absolute atomic E-state index is 12.8. The topological polar surface area (TPSA) is 78.9 Å². The number of hydrogen-bond acceptors (Lipinski definition) is 6. The van der Waals surface area contributed by atoms with Gasteiger partial charge in [0, 0.05) is 12.8 Å². The summed E-state index contributed by atoms with van der Waals surface area (Å²) in [5.74, 6) is -1.04. The predicted octanol–water partition coefficient (Wildman–Crippen LogP) is 22.8. The van der Waals surface area contributed by atoms with E-state index in [1.54, 1.807) is 6.08 Å². The molecule has 0 heterocycles. The van der Waals surface area contributed by atoms with Crippen molar-refractivity contribution in [2.75, 3.05) is 13.2 Å². The van der Waals surface area contributed by atoms with Crippen molar-refractivity contribution >= 4 is 17.9 Å². The third-order valence-electron chi connectivity index (χ3n) is 14.0. The van der Waals surface area contributed by atoms with Crippen LogP contribution in [0.2, 0.25) is 0 Å². The first-order chi connectivity index (χ1) is 39.0. The van der Waals surface area contributed by atoms with Crippen molar-refractivity contribution in [3.8, 4) is 0 Å². The molecule has 0 fully saturated rings. The first-order valence-electron chi connectivity index (χ1n) is 33.0. The summed E-state index contributed by atoms with van der Waals surface area (Å²) in [6, 6.07) is 0. The molecule has 0 aromatic carbocycles. The Labute approximate surface area is 488 Å². The number of carbonyl (C=O) groups excluding carboxylic acids is 3. The third-order valence-corrected chi connectivity index (χ3v) is 14.0. The Hall–Kier alpha value is -4.19. The highest BCUT2D eigenvalue weighted by Crippen LogP contribution is 2.17. The molecule has 0 aliphatic carbocycles. The van der Waals surface area contributed by atoms with Gasteiger partial charge in [-0.05, 0) is 89.9 Å². The van der Waals surface area contributed by atoms with Gasteiger partial charge in [-0.1, -0.05) is 316 Å². The molecule has 0 N–H and O–H groups in total. The molecule has 0 spiro atoms. The summed E-state index contributed by atoms with van der Waals surface area (Å²) >= 11 is 0. The van der Waals surface area contributed by atoms with Crippen molar-refractivity contribution in [2.45, 2.75) is 309 Å². The van der Waals surface area contributed by atoms with Gasteiger partial charge in [0.15, 0.2) is 6.10 Å². The molecule has 0 aromatic rings. The van der Waals surface area contributed by atoms with Crippen LogP contribution >= 0.6 is 0 Å². The number of hydrogen-bond donors (Lipinski definition) is 0. The van der Waals surface area contributed by atoms with E-state index in [9.17, 15) is 14.4 Å². The molecule has 1 unspecified atom stereocenters. The fraction of sp³-hybridized carbons (Fsp3) is 0.685. The predicted molar refractivity (Wildman–Crippen MR) is 343 cm³/mol. The first-order valence-corrected chi connectivity index (χ1v) is 33.0. The van der Waals surface area contributed by atoms with E-state index in [1.807, 2.05) is 6.08 Å². The van der Waals surface area contributed by atoms with Crippen LogP contribution in [0.5, 0.6) is 0 Å². The SMILES string of the molecule is CC/C=C\C/C=C\C/C=C\C/C=C\C/C=C\CCCCCCCCCCCCCCCCCC(=O)OCC(COC(=O)CCCCCCCCCCCCCCCCC)OC(=O)C/C=C\C/C=C\C/C=C\C/C=C\C/C=C\CC. The molecule has 0 radical (unpaired) electrons. The Morgan fingerprint density at radius 3 is 0.835 bits per heavy atom. The lowest BCUT2D eigenvalue weighted by Crippen LogP contribution is -2.30. The van der Waals surface area contributed by atoms with Crippen molar-refractivity contribution in [3.05, 3.63) is 122 Å². The molecule has 6 nitrogen and oxygen atoms in total. The van der Waals surface area contributed by atoms with Crippen LogP contribution in [0.3, 0.4) is 0 Å². The van der Waals surface area contributed by atoms with E-state index in [0.717, 1.165) is 103 Å². The largest absolute Gasteiger partial charge is 0.462 e. The summed E-state index contributed by atoms with van der Waals surface area (Å²) in [6.45, 7) is 6.35. The van der Waals surface area contributed by atoms with Gasteiger partial charge in [0.1, 0.15) is 13.2 Å². The molecule has 0 rings (SSSR count). The van der Waals surface area contributed by atoms with Gasteiger partial charge < -0.3 is 14.2 Å². The van der Waals surface area contributed by atoms with Crippen LogP contribution in [0.15, 0.2) is 122 Å². The van der Waals surface area contributed by atoms with E-state index in [-0.39, 0.29) is 31.6 Å². The van der Waals surface area contributed by atoms with Crippen LogP contribution in [0.4, 0.5) is 0 Å². The summed E-state index contributed by atoms with van der Waals surface area (Å²) in [4.78, 5) is 38.2. The van der Waals surface area contributed by atoms with Crippen LogP contribution in [-0.4, -0.2) is 37.2 Å². The molecule has 0 aliphatic heterocycles. The third kappa shape index (κ3) is 64.5. The van der Waals surface area contributed by atoms with Gasteiger partial charge in [-0.2, -0.15) is 0 Å². The Morgan fingerprint density at radius 2 is 0.532 bits per heavy atom. The lowest BCUT2D eigenvalue weighted by Gasteiger charge is -2.18. The molecular formula is C73H122O6. The molecule has 1 atom stereocenters. The molecule has 0 amide bonds. The van der Waals surface area contributed by atoms with Gasteiger partial charge in [0.2, 0.25) is 0 Å². The molecule has 0 saturated carbocycles. The zero-order valence-electron chi connectivity index (χ0n) is 51.6. The van der Waals surface area contributed by atoms with Gasteiger partial charge >= 0.3 is 17.9 Å². The molecule has 6 heteroatoms. The fourth-order valence-electron chi connectivity index (χ4n) is 9.14. The average molecular weight is 1100 g/mol. The van der Waals surface area contributed by atoms with Crippen LogP contribution in [-0.2, 0) is 28.6 Å². The number of allylic oxidation sites excluding steroid dienone is 19. The van der Waals surface area contributed by atoms with E-state index in [4.69, 9.17) is 14.2 Å². The minimum atomic E-state index is -0.833. The number of esters is 3. The van der Waals surface area contributed by atoms with Crippen LogP contribution in [0.25, 0.3) is 0 Å². The van der Waals surface area contributed by atoms with Crippen molar-refractivity contribution < 1.29 is 28.6 Å². The number of carbonyl (C=O) groups is 3. The minimum absolute atomic E-state index is 0.0966. The maximum atomic E-state index is 12.8. The number of unbranched alkanes of at least 4 members (excludes halogenated alkanes) is 29. The zero-order valence-corrected chi connectivity index (χ0v) is 51.6. The van der Waals surface area contributed by atoms with E-state index in [2.05, 4.69) is 130 Å². The Bertz CT molecular complexity index is 1640. The highest BCUT2D eigenvalue weighted by Gasteiger charge is 2.19. The van der Waals surface area contributed by atoms with Gasteiger partial charge in [-0.15, -0.1) is 0 Å². The summed E-state index contributed by atoms with van der Waals surface area (Å²) in [7, 11) is 0. The molecule has 450 valence electrons. The van der Waals surface area contributed by atoms with E-state index in [1.165, 1.54) is 161 Å². The van der Waals surface area contributed by atoms with Crippen molar-refractivity contribution in [2.24, 2.45) is 0 Å². The molecule has 0 aromatic heterocycles. The summed E-state index contributed by atoms with van der Waals surface area (Å²) in [5.41, 5.74) is 0. The van der Waals surface area contributed by atoms with E-state index >= 15 is 0 Å². The van der Waals surface area contributed by atoms with Crippen LogP contribution < -0.4 is 0 Å². The normalized spacial score (nSPS) is 12.9. The summed E-state index contributed by atoms with van der Waals surface area (Å²) in [6.07, 6.45) is 92.5. The lowest BCUT2D eigenvalue weighted by atomic mass is 10.0. The fourth-order valence-corrected chi connectivity index (χ4v) is 9.14. The summed E-state index contributed by atoms with van der Waals surface area (Å²) < 4.78 is 16.8. The average Bonchev–Trinajstić information content (AvgIpc) is 3.45. The molecule has 79 heavy (non-hydrogen) atoms. The highest BCUT2D eigenvalue weighted by molar-refractivity contribution is 5.72. The molecular weight excluding hydrogens is 973 g/mol. The highest BCUT2D eigenvalue weighted by atomic mass is 16.6. The van der Waals surface area contributed by atoms with Gasteiger partial charge in [-0.3, -0.25) is 14.4 Å². The van der Waals surface area contributed by atoms with Crippen molar-refractivity contribution in [1.29, 1.82) is 0 Å². The molecule has 0 aliphatic rings. The Kier molecular flexibility index (Phi) is 62.8. The Morgan fingerprint density at radius 1 is 0.278 bits per heavy atom. The Balaban J connectivity index is 4.28. The minimum Gasteiger partial charge on any atom is -0.462 e. The van der Waals surface area contributed by atoms with E-state index < -0.39 is 12.1 Å². The summed E-state index contributed by atoms with van der Waals surface area (Å²) in [5, 5.41) is 0. The zero-order chi connectivity index (χ0) is 57.1. The smallest absolute Gasteiger partial charge is 0.310 e. The van der Waals surface area contributed by atoms with Gasteiger partial charge in [0.05, 0.1) is 6.42 Å². The van der Waals surface area contributed by atoms with Crippen molar-refractivity contribution in [3.63, 3.8) is 0 Å². The second kappa shape index (κ2) is 66.3. The standard InChI is InChI=1S/C73H122O6/c1-4-7-10-13-16-19-22-25-28-29-30-31-32-33-34-35-36-37-38-39-40-41-42-43-46-48-51-54-57-60-63-66-72(75)78-69-70(79-73(76)67-64-61-58-55-52-49-45-27-24-21-18-15-12-9-6-3)68-77-71(74)65-62-59-56-53-50-47-44-26-23-20-17-14-11-8-5-2/h7,9-10,12,16,18-19,21,25,27-28,30-31,33-34,45,52,55,61,64,70H,4-6,8,11,13-15,17,20,22-24,26,29,32,35-44,46-51,53-54,56-60,62-63,65-69H2,1-3H3/b10-7-,12-9-,19-16-,21-18-,28-25-,31-30-,34-33-,45-27-,55-52-,64-61-. The quantitative estimate of drug-likeness (QED) is 0.0261. The van der Waals surface area contributed by atoms with Crippen molar-refractivity contribution in [1.82, 2.24) is 0 Å². The second-order valence-corrected chi connectivity index (χ2v) is 21.6. The lowest BCUT2D eigenvalue weighted by molar-refractivity contribution is -0.166. The first kappa shape index (κ1) is 74.8. The van der Waals surface area contributed by atoms with Crippen LogP contribution in [0, 0.1) is 0 Å². The van der Waals surface area contributed by atoms with E-state index in [0.29, 0.717) is 12.8 Å². The molecule has 0 bridgehead atoms. The van der Waals surface area contributed by atoms with Crippen LogP contribution in [0.1, 0.15) is 303 Å². The van der Waals surface area contributed by atoms with Gasteiger partial charge in [-0.25, -0.2) is 0 Å². The van der Waals surface area contributed by atoms with Gasteiger partial charge in [0.25, 0.3) is 0 Å². The molecule has 0 saturated heterocycles.